The summed E-state index contributed by atoms with van der Waals surface area (Å²) >= 11 is 1.26. The fourth-order valence-corrected chi connectivity index (χ4v) is 8.84. The molecule has 0 unspecified atom stereocenters. The van der Waals surface area contributed by atoms with Crippen LogP contribution in [0.4, 0.5) is 4.79 Å². The van der Waals surface area contributed by atoms with Gasteiger partial charge in [-0.25, -0.2) is 9.59 Å². The summed E-state index contributed by atoms with van der Waals surface area (Å²) in [6.07, 6.45) is 20.8. The van der Waals surface area contributed by atoms with Crippen LogP contribution in [-0.2, 0) is 38.3 Å². The lowest BCUT2D eigenvalue weighted by atomic mass is 10.0. The SMILES string of the molecule is CCCCCCCCCCCCCCCCOC(=O)NCCSC[C@@H](NC(C)=O)C(=O)N[C@H](CO)C(=O)N[C@@H](CCCCN)C(=O)N[C@@H](CCCCN)C(=O)N[C@@H](CCCCN)C(=O)N[C@@H](CCCCN)C(=O)O. The molecule has 0 saturated heterocycles. The molecule has 0 bridgehead atoms. The van der Waals surface area contributed by atoms with Crippen LogP contribution in [-0.4, -0.2) is 151 Å². The molecule has 6 atom stereocenters. The van der Waals surface area contributed by atoms with Gasteiger partial charge in [0.05, 0.1) is 13.2 Å². The monoisotopic (exact) mass is 1070 g/mol. The molecule has 0 fully saturated rings. The second-order valence-corrected chi connectivity index (χ2v) is 20.1. The van der Waals surface area contributed by atoms with Gasteiger partial charge >= 0.3 is 12.1 Å². The van der Waals surface area contributed by atoms with Crippen molar-refractivity contribution in [2.75, 3.05) is 57.4 Å². The van der Waals surface area contributed by atoms with E-state index < -0.39 is 90.4 Å². The number of nitrogens with two attached hydrogens (primary N) is 4. The fraction of sp³-hybridized carbons (Fsp3) is 0.843. The number of hydrogen-bond donors (Lipinski definition) is 13. The van der Waals surface area contributed by atoms with Crippen molar-refractivity contribution in [1.29, 1.82) is 0 Å². The van der Waals surface area contributed by atoms with Crippen LogP contribution in [0.1, 0.15) is 181 Å². The first-order chi connectivity index (χ1) is 35.7. The van der Waals surface area contributed by atoms with Crippen LogP contribution in [0.15, 0.2) is 0 Å². The third kappa shape index (κ3) is 36.6. The number of unbranched alkanes of at least 4 members (excludes halogenated alkanes) is 17. The average Bonchev–Trinajstić information content (AvgIpc) is 3.37. The number of aliphatic hydroxyl groups excluding tert-OH is 1. The second kappa shape index (κ2) is 47.2. The molecule has 0 aromatic heterocycles. The number of carbonyl (C=O) groups excluding carboxylic acids is 7. The molecule has 0 spiro atoms. The van der Waals surface area contributed by atoms with Gasteiger partial charge in [-0.15, -0.1) is 0 Å². The first-order valence-corrected chi connectivity index (χ1v) is 28.8. The summed E-state index contributed by atoms with van der Waals surface area (Å²) in [5.41, 5.74) is 22.7. The van der Waals surface area contributed by atoms with E-state index in [1.165, 1.54) is 89.3 Å². The van der Waals surface area contributed by atoms with Crippen LogP contribution in [0.2, 0.25) is 0 Å². The number of carboxylic acids is 1. The van der Waals surface area contributed by atoms with Crippen LogP contribution >= 0.6 is 11.8 Å². The number of alkyl carbamates (subject to hydrolysis) is 1. The van der Waals surface area contributed by atoms with Gasteiger partial charge in [0.25, 0.3) is 0 Å². The molecule has 74 heavy (non-hydrogen) atoms. The Bertz CT molecular complexity index is 1550. The van der Waals surface area contributed by atoms with Crippen LogP contribution < -0.4 is 60.2 Å². The normalized spacial score (nSPS) is 13.6. The van der Waals surface area contributed by atoms with Gasteiger partial charge in [-0.3, -0.25) is 28.8 Å². The van der Waals surface area contributed by atoms with Crippen molar-refractivity contribution in [3.05, 3.63) is 0 Å². The molecule has 7 amide bonds. The first-order valence-electron chi connectivity index (χ1n) is 27.6. The zero-order valence-corrected chi connectivity index (χ0v) is 45.8. The Hall–Kier alpha value is -4.29. The highest BCUT2D eigenvalue weighted by molar-refractivity contribution is 7.99. The van der Waals surface area contributed by atoms with E-state index in [1.807, 2.05) is 0 Å². The van der Waals surface area contributed by atoms with E-state index >= 15 is 0 Å². The number of ether oxygens (including phenoxy) is 1. The lowest BCUT2D eigenvalue weighted by Crippen LogP contribution is -2.60. The lowest BCUT2D eigenvalue weighted by Gasteiger charge is -2.27. The molecular formula is C51H99N11O11S. The van der Waals surface area contributed by atoms with Gasteiger partial charge < -0.3 is 75.1 Å². The number of nitrogens with one attached hydrogen (secondary N) is 7. The zero-order chi connectivity index (χ0) is 55.2. The highest BCUT2D eigenvalue weighted by Gasteiger charge is 2.33. The smallest absolute Gasteiger partial charge is 0.407 e. The summed E-state index contributed by atoms with van der Waals surface area (Å²) in [4.78, 5) is 105. The van der Waals surface area contributed by atoms with Crippen molar-refractivity contribution in [1.82, 2.24) is 37.2 Å². The quantitative estimate of drug-likeness (QED) is 0.0389. The Morgan fingerprint density at radius 2 is 0.811 bits per heavy atom. The average molecular weight is 1070 g/mol. The van der Waals surface area contributed by atoms with Crippen LogP contribution in [0.3, 0.4) is 0 Å². The predicted octanol–water partition coefficient (Wildman–Crippen LogP) is 2.45. The zero-order valence-electron chi connectivity index (χ0n) is 45.0. The molecule has 17 N–H and O–H groups in total. The molecule has 0 saturated carbocycles. The maximum atomic E-state index is 14.0. The third-order valence-corrected chi connectivity index (χ3v) is 13.4. The van der Waals surface area contributed by atoms with E-state index in [-0.39, 0.29) is 44.5 Å². The van der Waals surface area contributed by atoms with E-state index in [9.17, 15) is 48.6 Å². The summed E-state index contributed by atoms with van der Waals surface area (Å²) in [5, 5.41) is 38.2. The van der Waals surface area contributed by atoms with Crippen molar-refractivity contribution in [2.24, 2.45) is 22.9 Å². The van der Waals surface area contributed by atoms with Crippen molar-refractivity contribution >= 4 is 59.3 Å². The van der Waals surface area contributed by atoms with Crippen LogP contribution in [0.25, 0.3) is 0 Å². The van der Waals surface area contributed by atoms with E-state index in [0.29, 0.717) is 83.4 Å². The lowest BCUT2D eigenvalue weighted by molar-refractivity contribution is -0.142. The van der Waals surface area contributed by atoms with E-state index in [0.717, 1.165) is 19.3 Å². The molecule has 430 valence electrons. The maximum Gasteiger partial charge on any atom is 0.407 e. The Morgan fingerprint density at radius 1 is 0.459 bits per heavy atom. The Morgan fingerprint density at radius 3 is 1.19 bits per heavy atom. The summed E-state index contributed by atoms with van der Waals surface area (Å²) < 4.78 is 5.30. The predicted molar refractivity (Wildman–Crippen MR) is 291 cm³/mol. The molecule has 0 aliphatic rings. The van der Waals surface area contributed by atoms with E-state index in [2.05, 4.69) is 44.1 Å². The number of carboxylic acid groups (broad SMARTS) is 1. The molecule has 0 rings (SSSR count). The molecule has 0 aliphatic heterocycles. The van der Waals surface area contributed by atoms with Crippen molar-refractivity contribution < 1.29 is 53.3 Å². The summed E-state index contributed by atoms with van der Waals surface area (Å²) in [6.45, 7) is 4.41. The minimum Gasteiger partial charge on any atom is -0.480 e. The molecule has 22 nitrogen and oxygen atoms in total. The third-order valence-electron chi connectivity index (χ3n) is 12.3. The number of thioether (sulfide) groups is 1. The summed E-state index contributed by atoms with van der Waals surface area (Å²) in [7, 11) is 0. The van der Waals surface area contributed by atoms with Gasteiger partial charge in [-0.05, 0) is 110 Å². The summed E-state index contributed by atoms with van der Waals surface area (Å²) in [6, 6.07) is -7.54. The van der Waals surface area contributed by atoms with E-state index in [4.69, 9.17) is 27.7 Å². The van der Waals surface area contributed by atoms with Gasteiger partial charge in [0.1, 0.15) is 36.3 Å². The number of hydrogen-bond acceptors (Lipinski definition) is 15. The van der Waals surface area contributed by atoms with Gasteiger partial charge in [-0.1, -0.05) is 90.4 Å². The minimum absolute atomic E-state index is 0.0587. The van der Waals surface area contributed by atoms with Crippen molar-refractivity contribution in [2.45, 2.75) is 217 Å². The Labute approximate surface area is 445 Å². The second-order valence-electron chi connectivity index (χ2n) is 19.0. The number of rotatable bonds is 49. The number of carbonyl (C=O) groups is 8. The molecule has 0 aliphatic carbocycles. The van der Waals surface area contributed by atoms with Gasteiger partial charge in [0, 0.05) is 25.0 Å². The Balaban J connectivity index is 5.47. The molecule has 0 aromatic rings. The summed E-state index contributed by atoms with van der Waals surface area (Å²) in [5.74, 6) is -5.23. The highest BCUT2D eigenvalue weighted by atomic mass is 32.2. The van der Waals surface area contributed by atoms with E-state index in [1.54, 1.807) is 0 Å². The minimum atomic E-state index is -1.55. The van der Waals surface area contributed by atoms with Gasteiger partial charge in [0.2, 0.25) is 35.4 Å². The standard InChI is InChI=1S/C51H99N11O11S/c1-3-4-5-6-7-8-9-10-11-12-13-14-15-24-34-73-51(72)56-33-35-74-37-44(57-38(2)64)49(69)62-43(36-63)48(68)60-40(26-17-21-30-53)46(66)58-39(25-16-20-29-52)45(65)59-41(27-18-22-31-54)47(67)61-42(50(70)71)28-19-23-32-55/h39-44,63H,3-37,52-55H2,1-2H3,(H,56,72)(H,57,64)(H,58,66)(H,59,65)(H,60,68)(H,61,67)(H,62,69)(H,70,71)/t39-,40-,41-,42-,43+,44+/m0/s1. The molecule has 0 heterocycles. The van der Waals surface area contributed by atoms with Crippen LogP contribution in [0, 0.1) is 0 Å². The highest BCUT2D eigenvalue weighted by Crippen LogP contribution is 2.14. The largest absolute Gasteiger partial charge is 0.480 e. The fourth-order valence-electron chi connectivity index (χ4n) is 7.96. The van der Waals surface area contributed by atoms with Gasteiger partial charge in [0.15, 0.2) is 0 Å². The number of aliphatic carboxylic acids is 1. The molecule has 0 aromatic carbocycles. The first kappa shape index (κ1) is 69.7. The van der Waals surface area contributed by atoms with Crippen LogP contribution in [0.5, 0.6) is 0 Å². The molecule has 23 heteroatoms. The number of amides is 7. The van der Waals surface area contributed by atoms with Crippen molar-refractivity contribution in [3.8, 4) is 0 Å². The van der Waals surface area contributed by atoms with Gasteiger partial charge in [-0.2, -0.15) is 11.8 Å². The maximum absolute atomic E-state index is 14.0. The molecular weight excluding hydrogens is 975 g/mol. The Kier molecular flexibility index (Phi) is 44.4. The number of aliphatic hydroxyl groups is 1. The van der Waals surface area contributed by atoms with Crippen molar-refractivity contribution in [3.63, 3.8) is 0 Å². The topological polar surface area (TPSA) is 375 Å². The molecule has 0 radical (unpaired) electrons.